The molecule has 27 heavy (non-hydrogen) atoms. The SMILES string of the molecule is CCC(OC(=O)C(C)=CO)OC(=O)c1ccccc1C(=O)c1ccccc1. The van der Waals surface area contributed by atoms with Crippen LogP contribution in [0.15, 0.2) is 66.4 Å². The van der Waals surface area contributed by atoms with Crippen molar-refractivity contribution in [3.8, 4) is 0 Å². The van der Waals surface area contributed by atoms with Crippen LogP contribution in [0.5, 0.6) is 0 Å². The number of ether oxygens (including phenoxy) is 2. The van der Waals surface area contributed by atoms with Gasteiger partial charge in [-0.05, 0) is 13.0 Å². The summed E-state index contributed by atoms with van der Waals surface area (Å²) in [6.07, 6.45) is -0.310. The molecule has 0 aliphatic rings. The van der Waals surface area contributed by atoms with Crippen LogP contribution in [0.4, 0.5) is 0 Å². The molecule has 0 bridgehead atoms. The summed E-state index contributed by atoms with van der Waals surface area (Å²) in [6.45, 7) is 3.04. The second kappa shape index (κ2) is 9.33. The summed E-state index contributed by atoms with van der Waals surface area (Å²) in [5.41, 5.74) is 0.695. The van der Waals surface area contributed by atoms with Crippen molar-refractivity contribution in [2.45, 2.75) is 26.6 Å². The van der Waals surface area contributed by atoms with Crippen molar-refractivity contribution >= 4 is 17.7 Å². The van der Waals surface area contributed by atoms with Crippen LogP contribution in [0.3, 0.4) is 0 Å². The van der Waals surface area contributed by atoms with Gasteiger partial charge in [0.2, 0.25) is 6.29 Å². The third-order valence-electron chi connectivity index (χ3n) is 3.75. The van der Waals surface area contributed by atoms with E-state index in [2.05, 4.69) is 0 Å². The zero-order valence-electron chi connectivity index (χ0n) is 15.0. The molecule has 0 aliphatic heterocycles. The lowest BCUT2D eigenvalue weighted by atomic mass is 9.98. The smallest absolute Gasteiger partial charge is 0.341 e. The number of hydrogen-bond acceptors (Lipinski definition) is 6. The van der Waals surface area contributed by atoms with Crippen LogP contribution < -0.4 is 0 Å². The van der Waals surface area contributed by atoms with Crippen LogP contribution >= 0.6 is 0 Å². The first-order valence-corrected chi connectivity index (χ1v) is 8.39. The predicted octanol–water partition coefficient (Wildman–Crippen LogP) is 3.82. The van der Waals surface area contributed by atoms with Crippen molar-refractivity contribution in [2.24, 2.45) is 0 Å². The lowest BCUT2D eigenvalue weighted by Gasteiger charge is -2.17. The maximum atomic E-state index is 12.7. The van der Waals surface area contributed by atoms with E-state index in [-0.39, 0.29) is 28.9 Å². The van der Waals surface area contributed by atoms with Gasteiger partial charge in [-0.25, -0.2) is 9.59 Å². The van der Waals surface area contributed by atoms with Gasteiger partial charge in [-0.15, -0.1) is 0 Å². The van der Waals surface area contributed by atoms with E-state index >= 15 is 0 Å². The average Bonchev–Trinajstić information content (AvgIpc) is 2.72. The van der Waals surface area contributed by atoms with Crippen LogP contribution in [-0.2, 0) is 14.3 Å². The van der Waals surface area contributed by atoms with Gasteiger partial charge in [0.25, 0.3) is 0 Å². The van der Waals surface area contributed by atoms with E-state index in [0.29, 0.717) is 11.8 Å². The molecule has 0 saturated carbocycles. The molecule has 2 aromatic rings. The van der Waals surface area contributed by atoms with Gasteiger partial charge in [-0.2, -0.15) is 0 Å². The average molecular weight is 368 g/mol. The minimum absolute atomic E-state index is 0.0239. The molecule has 0 aromatic heterocycles. The first-order chi connectivity index (χ1) is 13.0. The lowest BCUT2D eigenvalue weighted by Crippen LogP contribution is -2.25. The van der Waals surface area contributed by atoms with E-state index in [1.807, 2.05) is 0 Å². The Morgan fingerprint density at radius 3 is 2.15 bits per heavy atom. The van der Waals surface area contributed by atoms with E-state index < -0.39 is 18.2 Å². The van der Waals surface area contributed by atoms with Crippen LogP contribution in [0.25, 0.3) is 0 Å². The van der Waals surface area contributed by atoms with Crippen LogP contribution in [0.2, 0.25) is 0 Å². The molecule has 2 aromatic carbocycles. The Bertz CT molecular complexity index is 854. The van der Waals surface area contributed by atoms with Gasteiger partial charge < -0.3 is 14.6 Å². The monoisotopic (exact) mass is 368 g/mol. The molecule has 0 aliphatic carbocycles. The molecule has 6 heteroatoms. The molecule has 1 unspecified atom stereocenters. The minimum atomic E-state index is -1.14. The molecule has 0 heterocycles. The quantitative estimate of drug-likeness (QED) is 0.263. The maximum Gasteiger partial charge on any atom is 0.341 e. The third kappa shape index (κ3) is 5.04. The predicted molar refractivity (Wildman–Crippen MR) is 98.3 cm³/mol. The van der Waals surface area contributed by atoms with Crippen LogP contribution in [0, 0.1) is 0 Å². The topological polar surface area (TPSA) is 89.9 Å². The van der Waals surface area contributed by atoms with Crippen molar-refractivity contribution in [3.63, 3.8) is 0 Å². The number of aliphatic hydroxyl groups excluding tert-OH is 1. The summed E-state index contributed by atoms with van der Waals surface area (Å²) in [6, 6.07) is 14.9. The molecule has 6 nitrogen and oxygen atoms in total. The number of carbonyl (C=O) groups excluding carboxylic acids is 3. The molecular weight excluding hydrogens is 348 g/mol. The van der Waals surface area contributed by atoms with E-state index in [1.165, 1.54) is 19.1 Å². The number of ketones is 1. The van der Waals surface area contributed by atoms with E-state index in [1.54, 1.807) is 49.4 Å². The molecule has 0 fully saturated rings. The summed E-state index contributed by atoms with van der Waals surface area (Å²) in [5.74, 6) is -1.89. The van der Waals surface area contributed by atoms with Gasteiger partial charge in [0.05, 0.1) is 17.4 Å². The summed E-state index contributed by atoms with van der Waals surface area (Å²) < 4.78 is 10.3. The highest BCUT2D eigenvalue weighted by Gasteiger charge is 2.23. The van der Waals surface area contributed by atoms with Crippen molar-refractivity contribution in [2.75, 3.05) is 0 Å². The Labute approximate surface area is 157 Å². The van der Waals surface area contributed by atoms with Crippen molar-refractivity contribution in [1.29, 1.82) is 0 Å². The lowest BCUT2D eigenvalue weighted by molar-refractivity contribution is -0.164. The number of benzene rings is 2. The number of hydrogen-bond donors (Lipinski definition) is 1. The fourth-order valence-corrected chi connectivity index (χ4v) is 2.24. The Hall–Kier alpha value is -3.41. The molecular formula is C21H20O6. The summed E-state index contributed by atoms with van der Waals surface area (Å²) in [5, 5.41) is 8.85. The Morgan fingerprint density at radius 1 is 0.963 bits per heavy atom. The minimum Gasteiger partial charge on any atom is -0.515 e. The fraction of sp³-hybridized carbons (Fsp3) is 0.190. The Kier molecular flexibility index (Phi) is 6.88. The summed E-state index contributed by atoms with van der Waals surface area (Å²) in [4.78, 5) is 37.0. The van der Waals surface area contributed by atoms with Crippen LogP contribution in [0.1, 0.15) is 46.5 Å². The number of esters is 2. The summed E-state index contributed by atoms with van der Waals surface area (Å²) >= 11 is 0. The first kappa shape index (κ1) is 19.9. The van der Waals surface area contributed by atoms with Crippen LogP contribution in [-0.4, -0.2) is 29.1 Å². The van der Waals surface area contributed by atoms with E-state index in [4.69, 9.17) is 14.6 Å². The molecule has 0 radical (unpaired) electrons. The molecule has 0 spiro atoms. The van der Waals surface area contributed by atoms with Crippen molar-refractivity contribution < 1.29 is 29.0 Å². The Morgan fingerprint density at radius 2 is 1.56 bits per heavy atom. The number of aliphatic hydroxyl groups is 1. The van der Waals surface area contributed by atoms with Gasteiger partial charge in [0, 0.05) is 17.5 Å². The van der Waals surface area contributed by atoms with Gasteiger partial charge in [0.15, 0.2) is 5.78 Å². The normalized spacial score (nSPS) is 12.1. The van der Waals surface area contributed by atoms with Crippen molar-refractivity contribution in [3.05, 3.63) is 83.1 Å². The highest BCUT2D eigenvalue weighted by Crippen LogP contribution is 2.17. The maximum absolute atomic E-state index is 12.7. The second-order valence-electron chi connectivity index (χ2n) is 5.70. The molecule has 0 saturated heterocycles. The Balaban J connectivity index is 2.21. The van der Waals surface area contributed by atoms with Crippen molar-refractivity contribution in [1.82, 2.24) is 0 Å². The third-order valence-corrected chi connectivity index (χ3v) is 3.75. The molecule has 2 rings (SSSR count). The first-order valence-electron chi connectivity index (χ1n) is 8.39. The zero-order valence-corrected chi connectivity index (χ0v) is 15.0. The summed E-state index contributed by atoms with van der Waals surface area (Å²) in [7, 11) is 0. The van der Waals surface area contributed by atoms with E-state index in [9.17, 15) is 14.4 Å². The fourth-order valence-electron chi connectivity index (χ4n) is 2.24. The number of rotatable bonds is 7. The van der Waals surface area contributed by atoms with Gasteiger partial charge in [0.1, 0.15) is 0 Å². The largest absolute Gasteiger partial charge is 0.515 e. The van der Waals surface area contributed by atoms with E-state index in [0.717, 1.165) is 0 Å². The molecule has 1 atom stereocenters. The van der Waals surface area contributed by atoms with Gasteiger partial charge in [-0.1, -0.05) is 55.5 Å². The van der Waals surface area contributed by atoms with Gasteiger partial charge >= 0.3 is 11.9 Å². The molecule has 140 valence electrons. The number of carbonyl (C=O) groups is 3. The second-order valence-corrected chi connectivity index (χ2v) is 5.70. The molecule has 0 amide bonds. The molecule has 1 N–H and O–H groups in total. The highest BCUT2D eigenvalue weighted by molar-refractivity contribution is 6.14. The standard InChI is InChI=1S/C21H20O6/c1-3-18(26-20(24)14(2)13-22)27-21(25)17-12-8-7-11-16(17)19(23)15-9-5-4-6-10-15/h4-13,18,22H,3H2,1-2H3. The van der Waals surface area contributed by atoms with Gasteiger partial charge in [-0.3, -0.25) is 4.79 Å². The highest BCUT2D eigenvalue weighted by atomic mass is 16.7. The zero-order chi connectivity index (χ0) is 19.8.